The summed E-state index contributed by atoms with van der Waals surface area (Å²) >= 11 is 0. The molecule has 2 aromatic rings. The van der Waals surface area contributed by atoms with E-state index in [1.807, 2.05) is 31.2 Å². The number of sulfonamides is 1. The SMILES string of the molecule is CCOc1ccc(/C=N/OCCCCCCO/N=C\c2ccc(S(=O)(=O)N3CCCC3C(=O)O)cc2)cc1. The van der Waals surface area contributed by atoms with Crippen molar-refractivity contribution >= 4 is 28.4 Å². The smallest absolute Gasteiger partial charge is 0.322 e. The lowest BCUT2D eigenvalue weighted by molar-refractivity contribution is -0.140. The van der Waals surface area contributed by atoms with Crippen LogP contribution in [0.2, 0.25) is 0 Å². The van der Waals surface area contributed by atoms with Crippen LogP contribution in [0.5, 0.6) is 5.75 Å². The van der Waals surface area contributed by atoms with Gasteiger partial charge in [-0.2, -0.15) is 4.31 Å². The quantitative estimate of drug-likeness (QED) is 0.189. The van der Waals surface area contributed by atoms with Crippen LogP contribution in [-0.4, -0.2) is 68.6 Å². The van der Waals surface area contributed by atoms with Crippen molar-refractivity contribution in [3.05, 3.63) is 59.7 Å². The van der Waals surface area contributed by atoms with Gasteiger partial charge in [-0.3, -0.25) is 4.79 Å². The third kappa shape index (κ3) is 8.84. The number of rotatable bonds is 16. The van der Waals surface area contributed by atoms with Gasteiger partial charge >= 0.3 is 5.97 Å². The highest BCUT2D eigenvalue weighted by Crippen LogP contribution is 2.26. The minimum Gasteiger partial charge on any atom is -0.494 e. The topological polar surface area (TPSA) is 127 Å². The molecule has 1 fully saturated rings. The van der Waals surface area contributed by atoms with Gasteiger partial charge in [0.2, 0.25) is 10.0 Å². The number of carbonyl (C=O) groups is 1. The average Bonchev–Trinajstić information content (AvgIpc) is 3.42. The molecule has 38 heavy (non-hydrogen) atoms. The van der Waals surface area contributed by atoms with Gasteiger partial charge in [0.05, 0.1) is 23.9 Å². The summed E-state index contributed by atoms with van der Waals surface area (Å²) in [7, 11) is -3.86. The highest BCUT2D eigenvalue weighted by Gasteiger charge is 2.39. The molecule has 0 spiro atoms. The monoisotopic (exact) mass is 545 g/mol. The molecule has 0 bridgehead atoms. The number of unbranched alkanes of at least 4 members (excludes halogenated alkanes) is 3. The van der Waals surface area contributed by atoms with E-state index in [1.165, 1.54) is 18.3 Å². The maximum Gasteiger partial charge on any atom is 0.322 e. The molecule has 10 nitrogen and oxygen atoms in total. The summed E-state index contributed by atoms with van der Waals surface area (Å²) in [5, 5.41) is 17.2. The van der Waals surface area contributed by atoms with Gasteiger partial charge in [0.15, 0.2) is 0 Å². The Bertz CT molecular complexity index is 1170. The van der Waals surface area contributed by atoms with E-state index in [0.717, 1.165) is 41.3 Å². The standard InChI is InChI=1S/C27H35N3O7S/c1-2-35-24-13-9-22(10-14-24)20-28-36-18-5-3-4-6-19-37-29-21-23-11-15-25(16-12-23)38(33,34)30-17-7-8-26(30)27(31)32/h9-16,20-21,26H,2-8,17-19H2,1H3,(H,31,32)/b28-20+,29-21-. The molecule has 0 radical (unpaired) electrons. The minimum absolute atomic E-state index is 0.0644. The van der Waals surface area contributed by atoms with Gasteiger partial charge in [-0.1, -0.05) is 22.4 Å². The van der Waals surface area contributed by atoms with Crippen LogP contribution in [0.1, 0.15) is 56.6 Å². The van der Waals surface area contributed by atoms with Crippen LogP contribution in [-0.2, 0) is 24.5 Å². The van der Waals surface area contributed by atoms with Crippen LogP contribution in [0.4, 0.5) is 0 Å². The molecule has 0 aliphatic carbocycles. The van der Waals surface area contributed by atoms with E-state index in [1.54, 1.807) is 18.3 Å². The first-order chi connectivity index (χ1) is 18.4. The molecular weight excluding hydrogens is 510 g/mol. The molecule has 1 unspecified atom stereocenters. The number of benzene rings is 2. The van der Waals surface area contributed by atoms with Crippen molar-refractivity contribution in [1.29, 1.82) is 0 Å². The molecule has 1 saturated heterocycles. The van der Waals surface area contributed by atoms with Gasteiger partial charge in [-0.05, 0) is 93.0 Å². The number of ether oxygens (including phenoxy) is 1. The molecular formula is C27H35N3O7S. The number of nitrogens with zero attached hydrogens (tertiary/aromatic N) is 3. The van der Waals surface area contributed by atoms with Gasteiger partial charge in [-0.25, -0.2) is 8.42 Å². The van der Waals surface area contributed by atoms with Crippen LogP contribution in [0, 0.1) is 0 Å². The van der Waals surface area contributed by atoms with Crippen LogP contribution in [0.15, 0.2) is 63.7 Å². The van der Waals surface area contributed by atoms with E-state index in [2.05, 4.69) is 10.3 Å². The number of aliphatic carboxylic acids is 1. The first kappa shape index (κ1) is 29.1. The highest BCUT2D eigenvalue weighted by atomic mass is 32.2. The molecule has 206 valence electrons. The molecule has 1 N–H and O–H groups in total. The lowest BCUT2D eigenvalue weighted by Crippen LogP contribution is -2.40. The summed E-state index contributed by atoms with van der Waals surface area (Å²) in [6.45, 7) is 3.82. The summed E-state index contributed by atoms with van der Waals surface area (Å²) in [5.74, 6) is -0.288. The summed E-state index contributed by atoms with van der Waals surface area (Å²) < 4.78 is 32.0. The molecule has 11 heteroatoms. The van der Waals surface area contributed by atoms with Crippen molar-refractivity contribution in [1.82, 2.24) is 4.31 Å². The largest absolute Gasteiger partial charge is 0.494 e. The van der Waals surface area contributed by atoms with Gasteiger partial charge in [-0.15, -0.1) is 0 Å². The lowest BCUT2D eigenvalue weighted by Gasteiger charge is -2.20. The Balaban J connectivity index is 1.26. The first-order valence-corrected chi connectivity index (χ1v) is 14.2. The summed E-state index contributed by atoms with van der Waals surface area (Å²) in [4.78, 5) is 22.0. The molecule has 1 aliphatic rings. The van der Waals surface area contributed by atoms with Crippen molar-refractivity contribution < 1.29 is 32.7 Å². The fourth-order valence-electron chi connectivity index (χ4n) is 3.94. The lowest BCUT2D eigenvalue weighted by atomic mass is 10.2. The molecule has 0 aromatic heterocycles. The normalized spacial score (nSPS) is 16.3. The average molecular weight is 546 g/mol. The van der Waals surface area contributed by atoms with Crippen molar-refractivity contribution in [2.75, 3.05) is 26.4 Å². The number of hydrogen-bond donors (Lipinski definition) is 1. The van der Waals surface area contributed by atoms with E-state index in [-0.39, 0.29) is 11.4 Å². The van der Waals surface area contributed by atoms with E-state index < -0.39 is 22.0 Å². The van der Waals surface area contributed by atoms with Crippen molar-refractivity contribution in [3.8, 4) is 5.75 Å². The minimum atomic E-state index is -3.86. The number of hydrogen-bond acceptors (Lipinski definition) is 8. The van der Waals surface area contributed by atoms with Crippen LogP contribution < -0.4 is 4.74 Å². The van der Waals surface area contributed by atoms with E-state index in [0.29, 0.717) is 38.2 Å². The molecule has 1 atom stereocenters. The molecule has 2 aromatic carbocycles. The molecule has 0 amide bonds. The van der Waals surface area contributed by atoms with Crippen LogP contribution in [0.25, 0.3) is 0 Å². The fraction of sp³-hybridized carbons (Fsp3) is 0.444. The van der Waals surface area contributed by atoms with Crippen LogP contribution in [0.3, 0.4) is 0 Å². The maximum atomic E-state index is 12.8. The Morgan fingerprint density at radius 3 is 2.03 bits per heavy atom. The number of oxime groups is 2. The van der Waals surface area contributed by atoms with Crippen molar-refractivity contribution in [2.24, 2.45) is 10.3 Å². The van der Waals surface area contributed by atoms with E-state index in [9.17, 15) is 18.3 Å². The van der Waals surface area contributed by atoms with E-state index >= 15 is 0 Å². The highest BCUT2D eigenvalue weighted by molar-refractivity contribution is 7.89. The second kappa shape index (κ2) is 15.1. The number of carboxylic acid groups (broad SMARTS) is 1. The van der Waals surface area contributed by atoms with Crippen molar-refractivity contribution in [3.63, 3.8) is 0 Å². The molecule has 3 rings (SSSR count). The van der Waals surface area contributed by atoms with Gasteiger partial charge in [0.25, 0.3) is 0 Å². The second-order valence-electron chi connectivity index (χ2n) is 8.73. The zero-order valence-corrected chi connectivity index (χ0v) is 22.4. The Morgan fingerprint density at radius 1 is 0.947 bits per heavy atom. The van der Waals surface area contributed by atoms with Gasteiger partial charge in [0.1, 0.15) is 25.0 Å². The fourth-order valence-corrected chi connectivity index (χ4v) is 5.59. The summed E-state index contributed by atoms with van der Waals surface area (Å²) in [5.41, 5.74) is 1.63. The van der Waals surface area contributed by atoms with Gasteiger partial charge < -0.3 is 19.5 Å². The predicted molar refractivity (Wildman–Crippen MR) is 144 cm³/mol. The zero-order valence-electron chi connectivity index (χ0n) is 21.6. The number of carboxylic acids is 1. The van der Waals surface area contributed by atoms with Crippen molar-refractivity contribution in [2.45, 2.75) is 56.4 Å². The zero-order chi connectivity index (χ0) is 27.2. The Morgan fingerprint density at radius 2 is 1.50 bits per heavy atom. The predicted octanol–water partition coefficient (Wildman–Crippen LogP) is 4.28. The second-order valence-corrected chi connectivity index (χ2v) is 10.6. The Hall–Kier alpha value is -3.44. The summed E-state index contributed by atoms with van der Waals surface area (Å²) in [6, 6.07) is 12.8. The molecule has 1 aliphatic heterocycles. The Kier molecular flexibility index (Phi) is 11.6. The molecule has 0 saturated carbocycles. The van der Waals surface area contributed by atoms with Gasteiger partial charge in [0, 0.05) is 6.54 Å². The van der Waals surface area contributed by atoms with Crippen LogP contribution >= 0.6 is 0 Å². The third-order valence-corrected chi connectivity index (χ3v) is 7.86. The first-order valence-electron chi connectivity index (χ1n) is 12.8. The third-order valence-electron chi connectivity index (χ3n) is 5.94. The summed E-state index contributed by atoms with van der Waals surface area (Å²) in [6.07, 6.45) is 7.76. The van der Waals surface area contributed by atoms with E-state index in [4.69, 9.17) is 14.4 Å². The Labute approximate surface area is 223 Å². The molecule has 1 heterocycles. The maximum absolute atomic E-state index is 12.8.